The van der Waals surface area contributed by atoms with Crippen molar-refractivity contribution in [3.63, 3.8) is 0 Å². The molecule has 1 unspecified atom stereocenters. The van der Waals surface area contributed by atoms with Crippen LogP contribution in [-0.4, -0.2) is 36.5 Å². The van der Waals surface area contributed by atoms with E-state index < -0.39 is 0 Å². The third-order valence-corrected chi connectivity index (χ3v) is 4.70. The van der Waals surface area contributed by atoms with Crippen LogP contribution >= 0.6 is 0 Å². The number of rotatable bonds is 4. The third kappa shape index (κ3) is 2.74. The molecule has 1 heterocycles. The van der Waals surface area contributed by atoms with Gasteiger partial charge in [-0.25, -0.2) is 0 Å². The van der Waals surface area contributed by atoms with Gasteiger partial charge in [0.05, 0.1) is 0 Å². The summed E-state index contributed by atoms with van der Waals surface area (Å²) in [6.07, 6.45) is 0.816. The Morgan fingerprint density at radius 3 is 2.38 bits per heavy atom. The van der Waals surface area contributed by atoms with E-state index in [1.807, 2.05) is 0 Å². The van der Waals surface area contributed by atoms with Crippen molar-refractivity contribution in [2.24, 2.45) is 0 Å². The van der Waals surface area contributed by atoms with Gasteiger partial charge in [-0.1, -0.05) is 0 Å². The zero-order valence-electron chi connectivity index (χ0n) is 7.78. The summed E-state index contributed by atoms with van der Waals surface area (Å²) < 4.78 is 6.17. The van der Waals surface area contributed by atoms with Crippen LogP contribution in [0.3, 0.4) is 0 Å². The molecule has 1 aliphatic heterocycles. The van der Waals surface area contributed by atoms with Crippen LogP contribution in [0.25, 0.3) is 0 Å². The molecule has 0 aliphatic carbocycles. The number of carbonyl (C=O) groups excluding carboxylic acids is 2. The van der Waals surface area contributed by atoms with Crippen molar-refractivity contribution in [1.29, 1.82) is 0 Å². The molecule has 0 bridgehead atoms. The second-order valence-corrected chi connectivity index (χ2v) is 5.29. The molecule has 5 heteroatoms. The standard InChI is InChI=1S/C8H12NO3.Hg/c1-6(12-2)5-9-7(10)3-4-8(9)11;/h6H,1,3-5H2,2H3;/q;+1. The Balaban J connectivity index is 2.51. The number of hydrogen-bond donors (Lipinski definition) is 0. The first-order chi connectivity index (χ1) is 6.19. The van der Waals surface area contributed by atoms with Crippen LogP contribution in [0, 0.1) is 0 Å². The Labute approximate surface area is 93.6 Å². The fourth-order valence-corrected chi connectivity index (χ4v) is 2.94. The zero-order chi connectivity index (χ0) is 9.84. The quantitative estimate of drug-likeness (QED) is 0.521. The van der Waals surface area contributed by atoms with E-state index in [2.05, 4.69) is 0 Å². The Morgan fingerprint density at radius 2 is 2.00 bits per heavy atom. The summed E-state index contributed by atoms with van der Waals surface area (Å²) in [6, 6.07) is 0. The molecule has 0 saturated carbocycles. The normalized spacial score (nSPS) is 19.8. The van der Waals surface area contributed by atoms with Crippen LogP contribution in [-0.2, 0) is 40.4 Å². The molecule has 0 aromatic heterocycles. The molecule has 0 aromatic carbocycles. The van der Waals surface area contributed by atoms with Gasteiger partial charge < -0.3 is 0 Å². The second kappa shape index (κ2) is 5.05. The van der Waals surface area contributed by atoms with Crippen molar-refractivity contribution in [3.8, 4) is 0 Å². The Morgan fingerprint density at radius 1 is 1.46 bits per heavy atom. The van der Waals surface area contributed by atoms with E-state index >= 15 is 0 Å². The summed E-state index contributed by atoms with van der Waals surface area (Å²) in [4.78, 5) is 23.8. The topological polar surface area (TPSA) is 46.6 Å². The number of hydrogen-bond acceptors (Lipinski definition) is 3. The predicted molar refractivity (Wildman–Crippen MR) is 41.6 cm³/mol. The minimum atomic E-state index is -0.0474. The van der Waals surface area contributed by atoms with Crippen LogP contribution in [0.4, 0.5) is 0 Å². The van der Waals surface area contributed by atoms with Crippen LogP contribution in [0.15, 0.2) is 0 Å². The molecule has 1 aliphatic rings. The molecule has 1 saturated heterocycles. The molecule has 13 heavy (non-hydrogen) atoms. The zero-order valence-corrected chi connectivity index (χ0v) is 13.3. The van der Waals surface area contributed by atoms with Crippen molar-refractivity contribution in [2.45, 2.75) is 22.9 Å². The van der Waals surface area contributed by atoms with E-state index in [-0.39, 0.29) is 17.9 Å². The van der Waals surface area contributed by atoms with Crippen LogP contribution < -0.4 is 0 Å². The molecule has 1 atom stereocenters. The Kier molecular flexibility index (Phi) is 4.32. The van der Waals surface area contributed by atoms with E-state index in [0.717, 1.165) is 3.93 Å². The number of ether oxygens (including phenoxy) is 1. The van der Waals surface area contributed by atoms with Gasteiger partial charge in [0.2, 0.25) is 0 Å². The first-order valence-electron chi connectivity index (χ1n) is 4.34. The first-order valence-corrected chi connectivity index (χ1v) is 8.23. The number of methoxy groups -OCH3 is 1. The maximum atomic E-state index is 11.2. The van der Waals surface area contributed by atoms with Crippen molar-refractivity contribution in [1.82, 2.24) is 4.90 Å². The maximum absolute atomic E-state index is 11.2. The summed E-state index contributed by atoms with van der Waals surface area (Å²) >= 11 is 0.647. The molecule has 1 rings (SSSR count). The van der Waals surface area contributed by atoms with Crippen molar-refractivity contribution in [2.75, 3.05) is 13.7 Å². The summed E-state index contributed by atoms with van der Waals surface area (Å²) in [6.45, 7) is 0.456. The number of likely N-dealkylation sites (tertiary alicyclic amines) is 1. The van der Waals surface area contributed by atoms with E-state index in [1.165, 1.54) is 4.90 Å². The SMILES string of the molecule is COC([CH2][Hg+])CN1C(=O)CCC1=O. The fourth-order valence-electron chi connectivity index (χ4n) is 1.31. The summed E-state index contributed by atoms with van der Waals surface area (Å²) in [5, 5.41) is 0. The molecular formula is C8H12HgNO3+. The summed E-state index contributed by atoms with van der Waals surface area (Å²) in [5.74, 6) is -0.0948. The van der Waals surface area contributed by atoms with Crippen molar-refractivity contribution in [3.05, 3.63) is 0 Å². The fraction of sp³-hybridized carbons (Fsp3) is 0.750. The first kappa shape index (κ1) is 11.1. The Bertz CT molecular complexity index is 199. The minimum absolute atomic E-state index is 0.0474. The average molecular weight is 371 g/mol. The van der Waals surface area contributed by atoms with Crippen LogP contribution in [0.2, 0.25) is 3.93 Å². The molecule has 0 spiro atoms. The van der Waals surface area contributed by atoms with E-state index in [0.29, 0.717) is 45.5 Å². The van der Waals surface area contributed by atoms with Gasteiger partial charge in [0.1, 0.15) is 0 Å². The van der Waals surface area contributed by atoms with Crippen LogP contribution in [0.5, 0.6) is 0 Å². The number of carbonyl (C=O) groups is 2. The van der Waals surface area contributed by atoms with Gasteiger partial charge in [0.15, 0.2) is 0 Å². The van der Waals surface area contributed by atoms with Gasteiger partial charge in [-0.05, 0) is 0 Å². The molecule has 68 valence electrons. The number of imide groups is 1. The molecule has 1 fully saturated rings. The molecule has 0 radical (unpaired) electrons. The van der Waals surface area contributed by atoms with Gasteiger partial charge >= 0.3 is 93.7 Å². The number of amides is 2. The van der Waals surface area contributed by atoms with E-state index in [9.17, 15) is 9.59 Å². The van der Waals surface area contributed by atoms with Crippen LogP contribution in [0.1, 0.15) is 12.8 Å². The third-order valence-electron chi connectivity index (χ3n) is 2.20. The molecular weight excluding hydrogens is 359 g/mol. The molecule has 2 amide bonds. The van der Waals surface area contributed by atoms with Crippen molar-refractivity contribution < 1.29 is 40.4 Å². The van der Waals surface area contributed by atoms with E-state index in [1.54, 1.807) is 7.11 Å². The van der Waals surface area contributed by atoms with Crippen molar-refractivity contribution >= 4 is 11.8 Å². The summed E-state index contributed by atoms with van der Waals surface area (Å²) in [7, 11) is 1.63. The molecule has 0 N–H and O–H groups in total. The second-order valence-electron chi connectivity index (χ2n) is 3.04. The van der Waals surface area contributed by atoms with Gasteiger partial charge in [-0.15, -0.1) is 0 Å². The Hall–Kier alpha value is 0.0351. The van der Waals surface area contributed by atoms with Gasteiger partial charge in [0, 0.05) is 0 Å². The molecule has 0 aromatic rings. The number of nitrogens with zero attached hydrogens (tertiary/aromatic N) is 1. The molecule has 4 nitrogen and oxygen atoms in total. The average Bonchev–Trinajstić information content (AvgIpc) is 2.44. The van der Waals surface area contributed by atoms with Gasteiger partial charge in [-0.2, -0.15) is 0 Å². The van der Waals surface area contributed by atoms with E-state index in [4.69, 9.17) is 4.74 Å². The van der Waals surface area contributed by atoms with Gasteiger partial charge in [-0.3, -0.25) is 0 Å². The monoisotopic (exact) mass is 372 g/mol. The van der Waals surface area contributed by atoms with Gasteiger partial charge in [0.25, 0.3) is 0 Å². The predicted octanol–water partition coefficient (Wildman–Crippen LogP) is 0.115. The summed E-state index contributed by atoms with van der Waals surface area (Å²) in [5.41, 5.74) is 0.